The zero-order valence-electron chi connectivity index (χ0n) is 12.0. The van der Waals surface area contributed by atoms with Crippen molar-refractivity contribution < 1.29 is 5.11 Å². The second kappa shape index (κ2) is 5.37. The van der Waals surface area contributed by atoms with Crippen LogP contribution in [0.3, 0.4) is 0 Å². The highest BCUT2D eigenvalue weighted by atomic mass is 16.3. The van der Waals surface area contributed by atoms with Crippen LogP contribution in [0.2, 0.25) is 0 Å². The van der Waals surface area contributed by atoms with Crippen molar-refractivity contribution in [2.75, 3.05) is 13.1 Å². The van der Waals surface area contributed by atoms with Crippen molar-refractivity contribution in [3.05, 3.63) is 39.0 Å². The molecule has 6 heteroatoms. The van der Waals surface area contributed by atoms with Gasteiger partial charge in [-0.3, -0.25) is 13.9 Å². The summed E-state index contributed by atoms with van der Waals surface area (Å²) in [6.45, 7) is 1.54. The molecule has 3 rings (SSSR count). The van der Waals surface area contributed by atoms with E-state index in [0.29, 0.717) is 17.4 Å². The molecule has 2 N–H and O–H groups in total. The highest BCUT2D eigenvalue weighted by Crippen LogP contribution is 2.21. The van der Waals surface area contributed by atoms with Crippen LogP contribution in [0, 0.1) is 0 Å². The lowest BCUT2D eigenvalue weighted by Crippen LogP contribution is -2.43. The highest BCUT2D eigenvalue weighted by Gasteiger charge is 2.21. The topological polar surface area (TPSA) is 76.3 Å². The van der Waals surface area contributed by atoms with Crippen LogP contribution < -0.4 is 16.6 Å². The number of nitrogens with one attached hydrogen (secondary N) is 1. The van der Waals surface area contributed by atoms with E-state index in [1.807, 2.05) is 0 Å². The summed E-state index contributed by atoms with van der Waals surface area (Å²) in [7, 11) is 1.59. The molecule has 1 atom stereocenters. The van der Waals surface area contributed by atoms with Gasteiger partial charge in [-0.05, 0) is 31.5 Å². The van der Waals surface area contributed by atoms with Crippen molar-refractivity contribution in [3.8, 4) is 5.75 Å². The minimum absolute atomic E-state index is 0.0460. The predicted octanol–water partition coefficient (Wildman–Crippen LogP) is 0.720. The molecule has 1 saturated heterocycles. The molecule has 2 aromatic rings. The van der Waals surface area contributed by atoms with Crippen LogP contribution in [0.4, 0.5) is 0 Å². The Morgan fingerprint density at radius 2 is 2.10 bits per heavy atom. The van der Waals surface area contributed by atoms with E-state index in [4.69, 9.17) is 0 Å². The second-order valence-electron chi connectivity index (χ2n) is 5.54. The monoisotopic (exact) mass is 289 g/mol. The minimum Gasteiger partial charge on any atom is -0.506 e. The van der Waals surface area contributed by atoms with Crippen molar-refractivity contribution >= 4 is 10.9 Å². The first-order valence-corrected chi connectivity index (χ1v) is 7.25. The standard InChI is InChI=1S/C15H19N3O3/c1-17-13-11(6-4-7-12(13)19)14(20)18(15(17)21)10-5-2-3-8-16-9-10/h4,6-7,10,16,19H,2-3,5,8-9H2,1H3. The number of para-hydroxylation sites is 1. The maximum Gasteiger partial charge on any atom is 0.331 e. The number of phenols is 1. The molecule has 1 aromatic heterocycles. The predicted molar refractivity (Wildman–Crippen MR) is 80.9 cm³/mol. The van der Waals surface area contributed by atoms with Gasteiger partial charge < -0.3 is 10.4 Å². The highest BCUT2D eigenvalue weighted by molar-refractivity contribution is 5.83. The first-order valence-electron chi connectivity index (χ1n) is 7.25. The minimum atomic E-state index is -0.373. The SMILES string of the molecule is Cn1c(=O)n(C2CCCCNC2)c(=O)c2cccc(O)c21. The average Bonchev–Trinajstić information content (AvgIpc) is 2.74. The number of rotatable bonds is 1. The van der Waals surface area contributed by atoms with E-state index in [-0.39, 0.29) is 23.0 Å². The Kier molecular flexibility index (Phi) is 3.55. The molecular formula is C15H19N3O3. The van der Waals surface area contributed by atoms with Crippen LogP contribution in [0.25, 0.3) is 10.9 Å². The fourth-order valence-electron chi connectivity index (χ4n) is 3.07. The summed E-state index contributed by atoms with van der Waals surface area (Å²) in [6, 6.07) is 4.63. The Labute approximate surface area is 121 Å². The molecule has 0 radical (unpaired) electrons. The Bertz CT molecular complexity index is 783. The summed E-state index contributed by atoms with van der Waals surface area (Å²) in [5, 5.41) is 13.6. The maximum atomic E-state index is 12.7. The fraction of sp³-hybridized carbons (Fsp3) is 0.467. The molecule has 0 aliphatic carbocycles. The van der Waals surface area contributed by atoms with E-state index < -0.39 is 0 Å². The van der Waals surface area contributed by atoms with Crippen LogP contribution in [0.15, 0.2) is 27.8 Å². The van der Waals surface area contributed by atoms with Gasteiger partial charge in [0.1, 0.15) is 5.75 Å². The van der Waals surface area contributed by atoms with Gasteiger partial charge in [-0.25, -0.2) is 4.79 Å². The molecule has 1 unspecified atom stereocenters. The van der Waals surface area contributed by atoms with Gasteiger partial charge in [-0.15, -0.1) is 0 Å². The van der Waals surface area contributed by atoms with Crippen LogP contribution in [0.1, 0.15) is 25.3 Å². The van der Waals surface area contributed by atoms with E-state index in [1.54, 1.807) is 19.2 Å². The number of aromatic nitrogens is 2. The molecule has 6 nitrogen and oxygen atoms in total. The van der Waals surface area contributed by atoms with Crippen molar-refractivity contribution in [3.63, 3.8) is 0 Å². The number of aromatic hydroxyl groups is 1. The summed E-state index contributed by atoms with van der Waals surface area (Å²) in [5.41, 5.74) is -0.397. The maximum absolute atomic E-state index is 12.7. The molecule has 0 bridgehead atoms. The quantitative estimate of drug-likeness (QED) is 0.811. The molecule has 1 aromatic carbocycles. The molecule has 1 fully saturated rings. The number of benzene rings is 1. The number of phenolic OH excluding ortho intramolecular Hbond substituents is 1. The van der Waals surface area contributed by atoms with E-state index in [0.717, 1.165) is 25.8 Å². The molecule has 0 saturated carbocycles. The second-order valence-corrected chi connectivity index (χ2v) is 5.54. The van der Waals surface area contributed by atoms with E-state index >= 15 is 0 Å². The van der Waals surface area contributed by atoms with E-state index in [9.17, 15) is 14.7 Å². The van der Waals surface area contributed by atoms with Gasteiger partial charge in [0.25, 0.3) is 5.56 Å². The Morgan fingerprint density at radius 1 is 1.29 bits per heavy atom. The van der Waals surface area contributed by atoms with Gasteiger partial charge >= 0.3 is 5.69 Å². The average molecular weight is 289 g/mol. The molecule has 0 amide bonds. The number of nitrogens with zero attached hydrogens (tertiary/aromatic N) is 2. The fourth-order valence-corrected chi connectivity index (χ4v) is 3.07. The molecule has 1 aliphatic heterocycles. The van der Waals surface area contributed by atoms with Gasteiger partial charge in [0, 0.05) is 13.6 Å². The lowest BCUT2D eigenvalue weighted by molar-refractivity contribution is 0.424. The number of aryl methyl sites for hydroxylation is 1. The number of hydrogen-bond acceptors (Lipinski definition) is 4. The van der Waals surface area contributed by atoms with Crippen LogP contribution in [0.5, 0.6) is 5.75 Å². The van der Waals surface area contributed by atoms with Gasteiger partial charge in [0.05, 0.1) is 16.9 Å². The normalized spacial score (nSPS) is 19.6. The summed E-state index contributed by atoms with van der Waals surface area (Å²) in [5.74, 6) is -0.0460. The van der Waals surface area contributed by atoms with Crippen LogP contribution in [-0.4, -0.2) is 27.3 Å². The smallest absolute Gasteiger partial charge is 0.331 e. The molecule has 2 heterocycles. The number of fused-ring (bicyclic) bond motifs is 1. The van der Waals surface area contributed by atoms with Crippen LogP contribution >= 0.6 is 0 Å². The van der Waals surface area contributed by atoms with E-state index in [1.165, 1.54) is 15.2 Å². The Balaban J connectivity index is 2.29. The lowest BCUT2D eigenvalue weighted by Gasteiger charge is -2.19. The molecule has 112 valence electrons. The van der Waals surface area contributed by atoms with Crippen molar-refractivity contribution in [1.82, 2.24) is 14.5 Å². The molecule has 1 aliphatic rings. The third-order valence-electron chi connectivity index (χ3n) is 4.18. The first-order chi connectivity index (χ1) is 10.1. The summed E-state index contributed by atoms with van der Waals surface area (Å²) >= 11 is 0. The lowest BCUT2D eigenvalue weighted by atomic mass is 10.1. The first kappa shape index (κ1) is 13.9. The van der Waals surface area contributed by atoms with Crippen molar-refractivity contribution in [1.29, 1.82) is 0 Å². The van der Waals surface area contributed by atoms with Crippen molar-refractivity contribution in [2.45, 2.75) is 25.3 Å². The van der Waals surface area contributed by atoms with Gasteiger partial charge in [-0.2, -0.15) is 0 Å². The summed E-state index contributed by atoms with van der Waals surface area (Å²) < 4.78 is 2.69. The Hall–Kier alpha value is -2.08. The third kappa shape index (κ3) is 2.25. The number of hydrogen-bond donors (Lipinski definition) is 2. The van der Waals surface area contributed by atoms with Gasteiger partial charge in [0.15, 0.2) is 0 Å². The van der Waals surface area contributed by atoms with Crippen LogP contribution in [-0.2, 0) is 7.05 Å². The van der Waals surface area contributed by atoms with Gasteiger partial charge in [-0.1, -0.05) is 12.5 Å². The third-order valence-corrected chi connectivity index (χ3v) is 4.18. The summed E-state index contributed by atoms with van der Waals surface area (Å²) in [4.78, 5) is 25.2. The van der Waals surface area contributed by atoms with Gasteiger partial charge in [0.2, 0.25) is 0 Å². The zero-order valence-corrected chi connectivity index (χ0v) is 12.0. The van der Waals surface area contributed by atoms with E-state index in [2.05, 4.69) is 5.32 Å². The van der Waals surface area contributed by atoms with Crippen molar-refractivity contribution in [2.24, 2.45) is 7.05 Å². The Morgan fingerprint density at radius 3 is 2.90 bits per heavy atom. The molecular weight excluding hydrogens is 270 g/mol. The largest absolute Gasteiger partial charge is 0.506 e. The molecule has 0 spiro atoms. The zero-order chi connectivity index (χ0) is 15.0. The summed E-state index contributed by atoms with van der Waals surface area (Å²) in [6.07, 6.45) is 2.86. The molecule has 21 heavy (non-hydrogen) atoms.